The van der Waals surface area contributed by atoms with E-state index in [1.54, 1.807) is 13.2 Å². The summed E-state index contributed by atoms with van der Waals surface area (Å²) in [6.07, 6.45) is 1.06. The molecule has 5 nitrogen and oxygen atoms in total. The second-order valence-corrected chi connectivity index (χ2v) is 5.19. The van der Waals surface area contributed by atoms with Gasteiger partial charge in [0.15, 0.2) is 0 Å². The Hall–Kier alpha value is -1.30. The van der Waals surface area contributed by atoms with Crippen molar-refractivity contribution in [2.45, 2.75) is 31.9 Å². The third kappa shape index (κ3) is 6.33. The summed E-state index contributed by atoms with van der Waals surface area (Å²) in [4.78, 5) is 11.8. The highest BCUT2D eigenvalue weighted by molar-refractivity contribution is 6.30. The van der Waals surface area contributed by atoms with Crippen molar-refractivity contribution in [2.24, 2.45) is 0 Å². The lowest BCUT2D eigenvalue weighted by Crippen LogP contribution is -2.43. The summed E-state index contributed by atoms with van der Waals surface area (Å²) >= 11 is 5.95. The van der Waals surface area contributed by atoms with Crippen molar-refractivity contribution in [3.8, 4) is 0 Å². The second kappa shape index (κ2) is 9.60. The van der Waals surface area contributed by atoms with E-state index in [9.17, 15) is 4.79 Å². The molecular weight excluding hydrogens is 292 g/mol. The van der Waals surface area contributed by atoms with Gasteiger partial charge in [-0.2, -0.15) is 0 Å². The molecule has 0 aromatic heterocycles. The molecule has 0 saturated heterocycles. The van der Waals surface area contributed by atoms with Crippen molar-refractivity contribution in [2.75, 3.05) is 20.3 Å². The van der Waals surface area contributed by atoms with Crippen molar-refractivity contribution < 1.29 is 14.6 Å². The van der Waals surface area contributed by atoms with E-state index in [1.807, 2.05) is 25.1 Å². The molecule has 0 heterocycles. The number of methoxy groups -OCH3 is 1. The quantitative estimate of drug-likeness (QED) is 0.690. The van der Waals surface area contributed by atoms with E-state index in [2.05, 4.69) is 10.6 Å². The molecule has 0 bridgehead atoms. The average molecular weight is 315 g/mol. The van der Waals surface area contributed by atoms with Crippen LogP contribution in [-0.4, -0.2) is 37.4 Å². The first kappa shape index (κ1) is 17.8. The smallest absolute Gasteiger partial charge is 0.315 e. The molecule has 2 amide bonds. The first-order valence-electron chi connectivity index (χ1n) is 7.04. The largest absolute Gasteiger partial charge is 0.396 e. The van der Waals surface area contributed by atoms with E-state index in [-0.39, 0.29) is 24.8 Å². The number of halogens is 1. The Morgan fingerprint density at radius 2 is 2.24 bits per heavy atom. The lowest BCUT2D eigenvalue weighted by Gasteiger charge is -2.19. The zero-order valence-corrected chi connectivity index (χ0v) is 13.2. The number of urea groups is 1. The molecule has 0 saturated carbocycles. The lowest BCUT2D eigenvalue weighted by molar-refractivity contribution is 0.103. The van der Waals surface area contributed by atoms with E-state index < -0.39 is 0 Å². The van der Waals surface area contributed by atoms with Crippen molar-refractivity contribution in [3.05, 3.63) is 34.9 Å². The summed E-state index contributed by atoms with van der Waals surface area (Å²) in [6, 6.07) is 7.06. The normalized spacial score (nSPS) is 13.5. The third-order valence-corrected chi connectivity index (χ3v) is 3.49. The standard InChI is InChI=1S/C15H23ClN2O3/c1-3-13(7-8-19)18-15(20)17-10-14(21-2)11-5-4-6-12(16)9-11/h4-6,9,13-14,19H,3,7-8,10H2,1-2H3,(H2,17,18,20). The van der Waals surface area contributed by atoms with Crippen LogP contribution in [-0.2, 0) is 4.74 Å². The molecule has 118 valence electrons. The Bertz CT molecular complexity index is 443. The van der Waals surface area contributed by atoms with E-state index >= 15 is 0 Å². The number of carbonyl (C=O) groups is 1. The zero-order chi connectivity index (χ0) is 15.7. The van der Waals surface area contributed by atoms with Crippen LogP contribution in [0.2, 0.25) is 5.02 Å². The average Bonchev–Trinajstić information content (AvgIpc) is 2.47. The number of ether oxygens (including phenoxy) is 1. The Morgan fingerprint density at radius 1 is 1.48 bits per heavy atom. The highest BCUT2D eigenvalue weighted by atomic mass is 35.5. The van der Waals surface area contributed by atoms with Gasteiger partial charge >= 0.3 is 6.03 Å². The van der Waals surface area contributed by atoms with Crippen LogP contribution in [0, 0.1) is 0 Å². The van der Waals surface area contributed by atoms with Crippen molar-refractivity contribution >= 4 is 17.6 Å². The minimum atomic E-state index is -0.264. The van der Waals surface area contributed by atoms with Crippen molar-refractivity contribution in [1.82, 2.24) is 10.6 Å². The third-order valence-electron chi connectivity index (χ3n) is 3.26. The maximum Gasteiger partial charge on any atom is 0.315 e. The molecule has 0 aliphatic rings. The molecule has 0 spiro atoms. The zero-order valence-electron chi connectivity index (χ0n) is 12.4. The van der Waals surface area contributed by atoms with Gasteiger partial charge in [0.2, 0.25) is 0 Å². The van der Waals surface area contributed by atoms with Crippen LogP contribution >= 0.6 is 11.6 Å². The van der Waals surface area contributed by atoms with Crippen LogP contribution < -0.4 is 10.6 Å². The maximum atomic E-state index is 11.8. The van der Waals surface area contributed by atoms with Crippen LogP contribution in [0.3, 0.4) is 0 Å². The first-order chi connectivity index (χ1) is 10.1. The van der Waals surface area contributed by atoms with Gasteiger partial charge in [-0.25, -0.2) is 4.79 Å². The number of aliphatic hydroxyl groups is 1. The predicted molar refractivity (Wildman–Crippen MR) is 83.5 cm³/mol. The predicted octanol–water partition coefficient (Wildman–Crippen LogP) is 2.49. The van der Waals surface area contributed by atoms with Crippen LogP contribution in [0.15, 0.2) is 24.3 Å². The molecule has 2 atom stereocenters. The van der Waals surface area contributed by atoms with E-state index in [1.165, 1.54) is 0 Å². The van der Waals surface area contributed by atoms with Gasteiger partial charge in [0.1, 0.15) is 0 Å². The summed E-state index contributed by atoms with van der Waals surface area (Å²) in [5.41, 5.74) is 0.910. The number of aliphatic hydroxyl groups excluding tert-OH is 1. The van der Waals surface area contributed by atoms with Gasteiger partial charge in [-0.1, -0.05) is 30.7 Å². The molecule has 0 fully saturated rings. The highest BCUT2D eigenvalue weighted by Crippen LogP contribution is 2.19. The molecule has 0 aliphatic heterocycles. The van der Waals surface area contributed by atoms with Gasteiger partial charge in [-0.05, 0) is 30.5 Å². The van der Waals surface area contributed by atoms with Gasteiger partial charge in [0, 0.05) is 31.3 Å². The fourth-order valence-corrected chi connectivity index (χ4v) is 2.20. The molecule has 0 aliphatic carbocycles. The minimum Gasteiger partial charge on any atom is -0.396 e. The van der Waals surface area contributed by atoms with Gasteiger partial charge in [0.05, 0.1) is 6.10 Å². The topological polar surface area (TPSA) is 70.6 Å². The van der Waals surface area contributed by atoms with Crippen LogP contribution in [0.4, 0.5) is 4.79 Å². The summed E-state index contributed by atoms with van der Waals surface area (Å²) in [5.74, 6) is 0. The van der Waals surface area contributed by atoms with E-state index in [0.29, 0.717) is 18.0 Å². The Labute approximate surface area is 130 Å². The highest BCUT2D eigenvalue weighted by Gasteiger charge is 2.14. The molecule has 3 N–H and O–H groups in total. The lowest BCUT2D eigenvalue weighted by atomic mass is 10.1. The summed E-state index contributed by atoms with van der Waals surface area (Å²) in [5, 5.41) is 15.1. The SMILES string of the molecule is CCC(CCO)NC(=O)NCC(OC)c1cccc(Cl)c1. The van der Waals surface area contributed by atoms with Gasteiger partial charge in [-0.3, -0.25) is 0 Å². The number of benzene rings is 1. The number of hydrogen-bond acceptors (Lipinski definition) is 3. The fraction of sp³-hybridized carbons (Fsp3) is 0.533. The number of rotatable bonds is 8. The summed E-state index contributed by atoms with van der Waals surface area (Å²) in [7, 11) is 1.59. The monoisotopic (exact) mass is 314 g/mol. The summed E-state index contributed by atoms with van der Waals surface area (Å²) in [6.45, 7) is 2.37. The molecule has 2 unspecified atom stereocenters. The molecule has 1 rings (SSSR count). The fourth-order valence-electron chi connectivity index (χ4n) is 2.00. The van der Waals surface area contributed by atoms with E-state index in [4.69, 9.17) is 21.4 Å². The number of nitrogens with one attached hydrogen (secondary N) is 2. The van der Waals surface area contributed by atoms with Crippen LogP contribution in [0.25, 0.3) is 0 Å². The van der Waals surface area contributed by atoms with E-state index in [0.717, 1.165) is 12.0 Å². The summed E-state index contributed by atoms with van der Waals surface area (Å²) < 4.78 is 5.38. The van der Waals surface area contributed by atoms with Crippen molar-refractivity contribution in [1.29, 1.82) is 0 Å². The number of carbonyl (C=O) groups excluding carboxylic acids is 1. The second-order valence-electron chi connectivity index (χ2n) is 4.75. The molecular formula is C15H23ClN2O3. The van der Waals surface area contributed by atoms with Crippen molar-refractivity contribution in [3.63, 3.8) is 0 Å². The number of amides is 2. The Kier molecular flexibility index (Phi) is 8.12. The molecule has 0 radical (unpaired) electrons. The number of hydrogen-bond donors (Lipinski definition) is 3. The Balaban J connectivity index is 2.49. The molecule has 1 aromatic carbocycles. The minimum absolute atomic E-state index is 0.0258. The van der Waals surface area contributed by atoms with Gasteiger partial charge in [0.25, 0.3) is 0 Å². The van der Waals surface area contributed by atoms with Crippen LogP contribution in [0.1, 0.15) is 31.4 Å². The maximum absolute atomic E-state index is 11.8. The molecule has 6 heteroatoms. The van der Waals surface area contributed by atoms with Gasteiger partial charge < -0.3 is 20.5 Å². The van der Waals surface area contributed by atoms with Crippen LogP contribution in [0.5, 0.6) is 0 Å². The first-order valence-corrected chi connectivity index (χ1v) is 7.42. The Morgan fingerprint density at radius 3 is 2.81 bits per heavy atom. The van der Waals surface area contributed by atoms with Gasteiger partial charge in [-0.15, -0.1) is 0 Å². The molecule has 21 heavy (non-hydrogen) atoms. The molecule has 1 aromatic rings.